The Balaban J connectivity index is 4.10. The monoisotopic (exact) mass is 741 g/mol. The predicted octanol–water partition coefficient (Wildman–Crippen LogP) is 13.7. The summed E-state index contributed by atoms with van der Waals surface area (Å²) in [7, 11) is 0. The molecule has 0 rings (SSSR count). The van der Waals surface area contributed by atoms with Crippen LogP contribution in [0, 0.1) is 0 Å². The average Bonchev–Trinajstić information content (AvgIpc) is 3.15. The predicted molar refractivity (Wildman–Crippen MR) is 224 cm³/mol. The van der Waals surface area contributed by atoms with Crippen LogP contribution in [-0.2, 0) is 28.6 Å². The van der Waals surface area contributed by atoms with E-state index in [9.17, 15) is 14.4 Å². The summed E-state index contributed by atoms with van der Waals surface area (Å²) in [5, 5.41) is 0. The summed E-state index contributed by atoms with van der Waals surface area (Å²) in [6, 6.07) is 0. The lowest BCUT2D eigenvalue weighted by molar-refractivity contribution is -0.167. The zero-order chi connectivity index (χ0) is 38.7. The van der Waals surface area contributed by atoms with E-state index in [4.69, 9.17) is 14.2 Å². The summed E-state index contributed by atoms with van der Waals surface area (Å²) in [4.78, 5) is 37.2. The molecule has 0 aromatic carbocycles. The SMILES string of the molecule is CC/C=C\C/C=C\C/C=C\C/C=C\C/C=C\CCCCCCCCCC(=O)OCC(COC(=O)CCCCCCCC)OC(=O)CCCCCCCC. The topological polar surface area (TPSA) is 78.9 Å². The van der Waals surface area contributed by atoms with Crippen LogP contribution in [0.15, 0.2) is 60.8 Å². The second-order valence-corrected chi connectivity index (χ2v) is 14.2. The van der Waals surface area contributed by atoms with Gasteiger partial charge in [-0.15, -0.1) is 0 Å². The van der Waals surface area contributed by atoms with Crippen molar-refractivity contribution in [3.63, 3.8) is 0 Å². The first kappa shape index (κ1) is 50.1. The average molecular weight is 741 g/mol. The summed E-state index contributed by atoms with van der Waals surface area (Å²) in [5.41, 5.74) is 0. The van der Waals surface area contributed by atoms with E-state index in [2.05, 4.69) is 81.5 Å². The van der Waals surface area contributed by atoms with Crippen molar-refractivity contribution in [3.05, 3.63) is 60.8 Å². The first-order chi connectivity index (χ1) is 26.0. The zero-order valence-electron chi connectivity index (χ0n) is 34.5. The van der Waals surface area contributed by atoms with Gasteiger partial charge in [0.15, 0.2) is 6.10 Å². The molecule has 0 spiro atoms. The Morgan fingerprint density at radius 1 is 0.396 bits per heavy atom. The smallest absolute Gasteiger partial charge is 0.306 e. The van der Waals surface area contributed by atoms with Gasteiger partial charge >= 0.3 is 17.9 Å². The molecule has 0 aromatic rings. The van der Waals surface area contributed by atoms with Crippen molar-refractivity contribution < 1.29 is 28.6 Å². The third-order valence-electron chi connectivity index (χ3n) is 9.04. The molecule has 0 fully saturated rings. The molecule has 0 saturated heterocycles. The van der Waals surface area contributed by atoms with Crippen LogP contribution in [-0.4, -0.2) is 37.2 Å². The van der Waals surface area contributed by atoms with Crippen LogP contribution in [0.3, 0.4) is 0 Å². The molecule has 0 radical (unpaired) electrons. The number of hydrogen-bond acceptors (Lipinski definition) is 6. The number of allylic oxidation sites excluding steroid dienone is 10. The number of carbonyl (C=O) groups excluding carboxylic acids is 3. The molecular weight excluding hydrogens is 661 g/mol. The van der Waals surface area contributed by atoms with Crippen LogP contribution in [0.2, 0.25) is 0 Å². The molecule has 0 N–H and O–H groups in total. The normalized spacial score (nSPS) is 12.6. The quantitative estimate of drug-likeness (QED) is 0.0271. The molecule has 0 aliphatic carbocycles. The zero-order valence-corrected chi connectivity index (χ0v) is 34.5. The molecule has 6 nitrogen and oxygen atoms in total. The van der Waals surface area contributed by atoms with Gasteiger partial charge in [0.2, 0.25) is 0 Å². The number of carbonyl (C=O) groups is 3. The fraction of sp³-hybridized carbons (Fsp3) is 0.723. The molecule has 1 atom stereocenters. The van der Waals surface area contributed by atoms with Gasteiger partial charge in [0.1, 0.15) is 13.2 Å². The van der Waals surface area contributed by atoms with Crippen LogP contribution < -0.4 is 0 Å². The van der Waals surface area contributed by atoms with Gasteiger partial charge in [0, 0.05) is 19.3 Å². The Bertz CT molecular complexity index is 991. The van der Waals surface area contributed by atoms with Gasteiger partial charge in [-0.25, -0.2) is 0 Å². The maximum absolute atomic E-state index is 12.5. The first-order valence-corrected chi connectivity index (χ1v) is 21.8. The lowest BCUT2D eigenvalue weighted by atomic mass is 10.1. The Hall–Kier alpha value is -2.89. The maximum atomic E-state index is 12.5. The summed E-state index contributed by atoms with van der Waals surface area (Å²) < 4.78 is 16.5. The highest BCUT2D eigenvalue weighted by molar-refractivity contribution is 5.71. The van der Waals surface area contributed by atoms with E-state index in [1.807, 2.05) is 0 Å². The molecule has 0 heterocycles. The summed E-state index contributed by atoms with van der Waals surface area (Å²) in [6.45, 7) is 6.37. The molecule has 0 amide bonds. The van der Waals surface area contributed by atoms with Crippen molar-refractivity contribution in [1.29, 1.82) is 0 Å². The van der Waals surface area contributed by atoms with E-state index < -0.39 is 6.10 Å². The van der Waals surface area contributed by atoms with E-state index in [0.717, 1.165) is 96.3 Å². The van der Waals surface area contributed by atoms with E-state index in [-0.39, 0.29) is 31.1 Å². The summed E-state index contributed by atoms with van der Waals surface area (Å²) >= 11 is 0. The second kappa shape index (κ2) is 41.9. The number of hydrogen-bond donors (Lipinski definition) is 0. The largest absolute Gasteiger partial charge is 0.462 e. The minimum atomic E-state index is -0.769. The summed E-state index contributed by atoms with van der Waals surface area (Å²) in [6.07, 6.45) is 49.6. The third kappa shape index (κ3) is 40.1. The van der Waals surface area contributed by atoms with Crippen molar-refractivity contribution in [2.24, 2.45) is 0 Å². The molecule has 0 aromatic heterocycles. The van der Waals surface area contributed by atoms with Gasteiger partial charge in [-0.2, -0.15) is 0 Å². The van der Waals surface area contributed by atoms with Crippen LogP contribution in [0.4, 0.5) is 0 Å². The van der Waals surface area contributed by atoms with Crippen molar-refractivity contribution >= 4 is 17.9 Å². The molecular formula is C47H80O6. The molecule has 0 saturated carbocycles. The molecule has 304 valence electrons. The minimum absolute atomic E-state index is 0.0781. The van der Waals surface area contributed by atoms with Crippen LogP contribution in [0.25, 0.3) is 0 Å². The molecule has 0 bridgehead atoms. The van der Waals surface area contributed by atoms with Crippen molar-refractivity contribution in [2.75, 3.05) is 13.2 Å². The first-order valence-electron chi connectivity index (χ1n) is 21.8. The molecule has 6 heteroatoms. The second-order valence-electron chi connectivity index (χ2n) is 14.2. The third-order valence-corrected chi connectivity index (χ3v) is 9.04. The van der Waals surface area contributed by atoms with Gasteiger partial charge in [0.25, 0.3) is 0 Å². The highest BCUT2D eigenvalue weighted by Gasteiger charge is 2.19. The maximum Gasteiger partial charge on any atom is 0.306 e. The Labute approximate surface area is 326 Å². The molecule has 1 unspecified atom stereocenters. The molecule has 53 heavy (non-hydrogen) atoms. The van der Waals surface area contributed by atoms with Crippen LogP contribution in [0.1, 0.15) is 201 Å². The highest BCUT2D eigenvalue weighted by atomic mass is 16.6. The van der Waals surface area contributed by atoms with Gasteiger partial charge in [-0.1, -0.05) is 178 Å². The minimum Gasteiger partial charge on any atom is -0.462 e. The van der Waals surface area contributed by atoms with Gasteiger partial charge in [-0.3, -0.25) is 14.4 Å². The standard InChI is InChI=1S/C47H80O6/c1-4-7-10-13-16-17-18-19-20-21-22-23-24-25-26-27-28-29-30-31-32-35-37-40-46(49)52-43-44(53-47(50)41-38-34-15-12-9-6-3)42-51-45(48)39-36-33-14-11-8-5-2/h7,10,16-17,19-20,22-23,25-26,44H,4-6,8-9,11-15,18,21,24,27-43H2,1-3H3/b10-7-,17-16-,20-19-,23-22-,26-25-. The number of esters is 3. The summed E-state index contributed by atoms with van der Waals surface area (Å²) in [5.74, 6) is -0.915. The van der Waals surface area contributed by atoms with Crippen molar-refractivity contribution in [3.8, 4) is 0 Å². The Morgan fingerprint density at radius 2 is 0.736 bits per heavy atom. The Kier molecular flexibility index (Phi) is 39.6. The number of rotatable bonds is 38. The van der Waals surface area contributed by atoms with E-state index >= 15 is 0 Å². The van der Waals surface area contributed by atoms with Gasteiger partial charge in [0.05, 0.1) is 0 Å². The lowest BCUT2D eigenvalue weighted by Gasteiger charge is -2.18. The fourth-order valence-corrected chi connectivity index (χ4v) is 5.76. The van der Waals surface area contributed by atoms with Crippen LogP contribution >= 0.6 is 0 Å². The highest BCUT2D eigenvalue weighted by Crippen LogP contribution is 2.13. The van der Waals surface area contributed by atoms with E-state index in [1.165, 1.54) is 64.2 Å². The Morgan fingerprint density at radius 3 is 1.15 bits per heavy atom. The molecule has 0 aliphatic rings. The molecule has 0 aliphatic heterocycles. The van der Waals surface area contributed by atoms with Crippen molar-refractivity contribution in [1.82, 2.24) is 0 Å². The van der Waals surface area contributed by atoms with E-state index in [0.29, 0.717) is 19.3 Å². The lowest BCUT2D eigenvalue weighted by Crippen LogP contribution is -2.30. The number of unbranched alkanes of at least 4 members (excludes halogenated alkanes) is 17. The van der Waals surface area contributed by atoms with Gasteiger partial charge < -0.3 is 14.2 Å². The fourth-order valence-electron chi connectivity index (χ4n) is 5.76. The number of ether oxygens (including phenoxy) is 3. The van der Waals surface area contributed by atoms with E-state index in [1.54, 1.807) is 0 Å². The van der Waals surface area contributed by atoms with Gasteiger partial charge in [-0.05, 0) is 64.2 Å². The van der Waals surface area contributed by atoms with Crippen molar-refractivity contribution in [2.45, 2.75) is 207 Å². The van der Waals surface area contributed by atoms with Crippen LogP contribution in [0.5, 0.6) is 0 Å².